The number of halogens is 3. The van der Waals surface area contributed by atoms with Gasteiger partial charge in [-0.15, -0.1) is 0 Å². The van der Waals surface area contributed by atoms with Crippen molar-refractivity contribution in [2.75, 3.05) is 29.9 Å². The van der Waals surface area contributed by atoms with Gasteiger partial charge in [-0.3, -0.25) is 14.9 Å². The van der Waals surface area contributed by atoms with Crippen molar-refractivity contribution in [2.24, 2.45) is 0 Å². The summed E-state index contributed by atoms with van der Waals surface area (Å²) in [5.41, 5.74) is -0.0837. The Bertz CT molecular complexity index is 913. The monoisotopic (exact) mass is 424 g/mol. The number of nitrogens with zero attached hydrogens (tertiary/aromatic N) is 3. The van der Waals surface area contributed by atoms with Crippen LogP contribution in [0.1, 0.15) is 29.6 Å². The first kappa shape index (κ1) is 21.3. The van der Waals surface area contributed by atoms with Gasteiger partial charge in [-0.25, -0.2) is 4.98 Å². The third-order valence-corrected chi connectivity index (χ3v) is 4.52. The van der Waals surface area contributed by atoms with E-state index in [9.17, 15) is 28.1 Å². The van der Waals surface area contributed by atoms with E-state index >= 15 is 0 Å². The summed E-state index contributed by atoms with van der Waals surface area (Å²) < 4.78 is 41.6. The maximum Gasteiger partial charge on any atom is 0.422 e. The maximum absolute atomic E-state index is 12.5. The molecule has 0 aliphatic carbocycles. The summed E-state index contributed by atoms with van der Waals surface area (Å²) in [6.45, 7) is 0.264. The molecule has 1 aliphatic heterocycles. The fourth-order valence-electron chi connectivity index (χ4n) is 3.09. The third-order valence-electron chi connectivity index (χ3n) is 4.52. The first-order chi connectivity index (χ1) is 14.2. The second kappa shape index (κ2) is 8.97. The normalized spacial score (nSPS) is 14.3. The minimum absolute atomic E-state index is 0.164. The van der Waals surface area contributed by atoms with Crippen molar-refractivity contribution in [3.8, 4) is 5.75 Å². The minimum atomic E-state index is -4.58. The number of carbonyl (C=O) groups excluding carboxylic acids is 1. The van der Waals surface area contributed by atoms with Gasteiger partial charge in [0.25, 0.3) is 11.6 Å². The van der Waals surface area contributed by atoms with Crippen molar-refractivity contribution in [1.29, 1.82) is 0 Å². The number of hydrogen-bond acceptors (Lipinski definition) is 6. The molecule has 1 N–H and O–H groups in total. The Morgan fingerprint density at radius 2 is 1.93 bits per heavy atom. The molecular formula is C19H19F3N4O4. The van der Waals surface area contributed by atoms with E-state index in [1.54, 1.807) is 18.3 Å². The molecule has 160 valence electrons. The SMILES string of the molecule is O=C(Nc1ccc(N2CCCCC2)cn1)c1cc(OCC(F)(F)F)ccc1[N+](=O)[O-]. The predicted molar refractivity (Wildman–Crippen MR) is 103 cm³/mol. The van der Waals surface area contributed by atoms with Gasteiger partial charge in [0.1, 0.15) is 17.1 Å². The fraction of sp³-hybridized carbons (Fsp3) is 0.368. The summed E-state index contributed by atoms with van der Waals surface area (Å²) in [5, 5.41) is 13.6. The van der Waals surface area contributed by atoms with Crippen LogP contribution < -0.4 is 15.0 Å². The summed E-state index contributed by atoms with van der Waals surface area (Å²) in [4.78, 5) is 29.3. The maximum atomic E-state index is 12.5. The molecule has 0 bridgehead atoms. The Morgan fingerprint density at radius 1 is 1.20 bits per heavy atom. The van der Waals surface area contributed by atoms with Crippen LogP contribution in [0.4, 0.5) is 30.4 Å². The van der Waals surface area contributed by atoms with Gasteiger partial charge < -0.3 is 15.0 Å². The lowest BCUT2D eigenvalue weighted by atomic mass is 10.1. The highest BCUT2D eigenvalue weighted by atomic mass is 19.4. The van der Waals surface area contributed by atoms with Gasteiger partial charge in [-0.05, 0) is 43.5 Å². The lowest BCUT2D eigenvalue weighted by Gasteiger charge is -2.28. The van der Waals surface area contributed by atoms with Crippen LogP contribution in [0.25, 0.3) is 0 Å². The number of rotatable bonds is 6. The van der Waals surface area contributed by atoms with E-state index in [0.29, 0.717) is 0 Å². The Hall–Kier alpha value is -3.37. The number of nitrogens with one attached hydrogen (secondary N) is 1. The van der Waals surface area contributed by atoms with Gasteiger partial charge in [-0.2, -0.15) is 13.2 Å². The van der Waals surface area contributed by atoms with Crippen molar-refractivity contribution in [2.45, 2.75) is 25.4 Å². The quantitative estimate of drug-likeness (QED) is 0.552. The van der Waals surface area contributed by atoms with Crippen molar-refractivity contribution in [3.05, 3.63) is 52.2 Å². The number of hydrogen-bond donors (Lipinski definition) is 1. The van der Waals surface area contributed by atoms with E-state index in [0.717, 1.165) is 49.8 Å². The predicted octanol–water partition coefficient (Wildman–Crippen LogP) is 4.17. The fourth-order valence-corrected chi connectivity index (χ4v) is 3.09. The van der Waals surface area contributed by atoms with Crippen LogP contribution >= 0.6 is 0 Å². The van der Waals surface area contributed by atoms with Crippen LogP contribution in [0.5, 0.6) is 5.75 Å². The molecule has 0 atom stereocenters. The number of anilines is 2. The number of nitro benzene ring substituents is 1. The minimum Gasteiger partial charge on any atom is -0.484 e. The Kier molecular flexibility index (Phi) is 6.38. The van der Waals surface area contributed by atoms with Crippen LogP contribution in [0.2, 0.25) is 0 Å². The van der Waals surface area contributed by atoms with Crippen LogP contribution in [-0.4, -0.2) is 41.7 Å². The number of benzene rings is 1. The van der Waals surface area contributed by atoms with Gasteiger partial charge in [-0.1, -0.05) is 0 Å². The Labute approximate surface area is 169 Å². The summed E-state index contributed by atoms with van der Waals surface area (Å²) in [5.74, 6) is -1.02. The zero-order valence-corrected chi connectivity index (χ0v) is 15.8. The molecule has 1 amide bonds. The number of ether oxygens (including phenoxy) is 1. The molecule has 2 aromatic rings. The Balaban J connectivity index is 1.75. The number of amides is 1. The second-order valence-electron chi connectivity index (χ2n) is 6.74. The number of pyridine rings is 1. The van der Waals surface area contributed by atoms with E-state index in [1.165, 1.54) is 6.42 Å². The van der Waals surface area contributed by atoms with Gasteiger partial charge in [0, 0.05) is 19.2 Å². The van der Waals surface area contributed by atoms with Gasteiger partial charge in [0.05, 0.1) is 16.8 Å². The van der Waals surface area contributed by atoms with E-state index in [1.807, 2.05) is 0 Å². The summed E-state index contributed by atoms with van der Waals surface area (Å²) >= 11 is 0. The highest BCUT2D eigenvalue weighted by Gasteiger charge is 2.29. The van der Waals surface area contributed by atoms with Crippen LogP contribution in [0.15, 0.2) is 36.5 Å². The van der Waals surface area contributed by atoms with E-state index in [2.05, 4.69) is 19.9 Å². The number of carbonyl (C=O) groups is 1. The molecule has 1 aromatic carbocycles. The average Bonchev–Trinajstić information content (AvgIpc) is 2.72. The first-order valence-corrected chi connectivity index (χ1v) is 9.23. The molecule has 1 aliphatic rings. The third kappa shape index (κ3) is 5.58. The van der Waals surface area contributed by atoms with E-state index < -0.39 is 34.9 Å². The molecule has 1 saturated heterocycles. The van der Waals surface area contributed by atoms with E-state index in [-0.39, 0.29) is 11.6 Å². The average molecular weight is 424 g/mol. The molecule has 1 fully saturated rings. The van der Waals surface area contributed by atoms with Crippen molar-refractivity contribution < 1.29 is 27.6 Å². The van der Waals surface area contributed by atoms with Crippen LogP contribution in [0, 0.1) is 10.1 Å². The molecule has 1 aromatic heterocycles. The molecule has 30 heavy (non-hydrogen) atoms. The number of piperidine rings is 1. The second-order valence-corrected chi connectivity index (χ2v) is 6.74. The molecule has 8 nitrogen and oxygen atoms in total. The first-order valence-electron chi connectivity index (χ1n) is 9.23. The van der Waals surface area contributed by atoms with E-state index in [4.69, 9.17) is 0 Å². The molecule has 11 heteroatoms. The summed E-state index contributed by atoms with van der Waals surface area (Å²) in [7, 11) is 0. The molecule has 0 unspecified atom stereocenters. The summed E-state index contributed by atoms with van der Waals surface area (Å²) in [6.07, 6.45) is 0.384. The van der Waals surface area contributed by atoms with Gasteiger partial charge >= 0.3 is 6.18 Å². The van der Waals surface area contributed by atoms with Crippen molar-refractivity contribution in [3.63, 3.8) is 0 Å². The zero-order valence-electron chi connectivity index (χ0n) is 15.8. The molecule has 0 radical (unpaired) electrons. The molecule has 3 rings (SSSR count). The van der Waals surface area contributed by atoms with Crippen molar-refractivity contribution >= 4 is 23.1 Å². The number of nitro groups is 1. The molecule has 0 spiro atoms. The van der Waals surface area contributed by atoms with Crippen molar-refractivity contribution in [1.82, 2.24) is 4.98 Å². The molecule has 0 saturated carbocycles. The lowest BCUT2D eigenvalue weighted by molar-refractivity contribution is -0.385. The van der Waals surface area contributed by atoms with Gasteiger partial charge in [0.2, 0.25) is 0 Å². The topological polar surface area (TPSA) is 97.6 Å². The molecule has 2 heterocycles. The summed E-state index contributed by atoms with van der Waals surface area (Å²) in [6, 6.07) is 6.18. The highest BCUT2D eigenvalue weighted by Crippen LogP contribution is 2.27. The lowest BCUT2D eigenvalue weighted by Crippen LogP contribution is -2.29. The van der Waals surface area contributed by atoms with Crippen LogP contribution in [0.3, 0.4) is 0 Å². The smallest absolute Gasteiger partial charge is 0.422 e. The van der Waals surface area contributed by atoms with Gasteiger partial charge in [0.15, 0.2) is 6.61 Å². The highest BCUT2D eigenvalue weighted by molar-refractivity contribution is 6.06. The number of alkyl halides is 3. The number of aromatic nitrogens is 1. The molecular weight excluding hydrogens is 405 g/mol. The zero-order chi connectivity index (χ0) is 21.7. The Morgan fingerprint density at radius 3 is 2.53 bits per heavy atom. The van der Waals surface area contributed by atoms with Crippen LogP contribution in [-0.2, 0) is 0 Å². The standard InChI is InChI=1S/C19H19F3N4O4/c20-19(21,22)12-30-14-5-6-16(26(28)29)15(10-14)18(27)24-17-7-4-13(11-23-17)25-8-2-1-3-9-25/h4-7,10-11H,1-3,8-9,12H2,(H,23,24,27). The largest absolute Gasteiger partial charge is 0.484 e.